The Hall–Kier alpha value is -4.33. The second kappa shape index (κ2) is 17.2. The van der Waals surface area contributed by atoms with Crippen LogP contribution in [-0.4, -0.2) is 99.8 Å². The van der Waals surface area contributed by atoms with Crippen molar-refractivity contribution in [2.45, 2.75) is 149 Å². The van der Waals surface area contributed by atoms with Gasteiger partial charge in [-0.3, -0.25) is 19.1 Å². The number of benzene rings is 1. The van der Waals surface area contributed by atoms with Crippen molar-refractivity contribution < 1.29 is 42.9 Å². The number of hydrogen-bond acceptors (Lipinski definition) is 10. The normalized spacial score (nSPS) is 17.8. The lowest BCUT2D eigenvalue weighted by molar-refractivity contribution is -0.159. The minimum Gasteiger partial charge on any atom is -0.459 e. The number of alkyl carbamates (subject to hydrolysis) is 2. The Kier molecular flexibility index (Phi) is 14.0. The summed E-state index contributed by atoms with van der Waals surface area (Å²) in [5.41, 5.74) is -1.55. The van der Waals surface area contributed by atoms with E-state index < -0.39 is 64.8 Å². The number of esters is 1. The van der Waals surface area contributed by atoms with Gasteiger partial charge in [0.05, 0.1) is 24.1 Å². The lowest BCUT2D eigenvalue weighted by atomic mass is 9.92. The van der Waals surface area contributed by atoms with E-state index in [1.165, 1.54) is 4.57 Å². The number of nitrogens with zero attached hydrogens (tertiary/aromatic N) is 2. The van der Waals surface area contributed by atoms with E-state index in [0.717, 1.165) is 10.9 Å². The van der Waals surface area contributed by atoms with Crippen molar-refractivity contribution in [2.24, 2.45) is 0 Å². The van der Waals surface area contributed by atoms with Crippen LogP contribution in [0.2, 0.25) is 0 Å². The van der Waals surface area contributed by atoms with Gasteiger partial charge in [0.25, 0.3) is 0 Å². The van der Waals surface area contributed by atoms with Gasteiger partial charge in [0.2, 0.25) is 5.91 Å². The molecule has 1 aromatic carbocycles. The minimum atomic E-state index is -0.797. The zero-order chi connectivity index (χ0) is 39.9. The smallest absolute Gasteiger partial charge is 0.419 e. The highest BCUT2D eigenvalue weighted by Gasteiger charge is 2.42. The van der Waals surface area contributed by atoms with E-state index in [1.807, 2.05) is 24.3 Å². The van der Waals surface area contributed by atoms with Gasteiger partial charge in [-0.15, -0.1) is 0 Å². The number of aromatic nitrogens is 1. The number of nitrogens with one attached hydrogen (secondary N) is 3. The fraction of sp³-hybridized carbons (Fsp3) is 0.667. The molecule has 0 spiro atoms. The van der Waals surface area contributed by atoms with Crippen molar-refractivity contribution in [3.05, 3.63) is 36.0 Å². The number of unbranched alkanes of at least 4 members (excludes halogenated alkanes) is 1. The van der Waals surface area contributed by atoms with Crippen molar-refractivity contribution in [3.8, 4) is 0 Å². The number of carbonyl (C=O) groups excluding carboxylic acids is 5. The molecule has 1 aliphatic heterocycles. The zero-order valence-corrected chi connectivity index (χ0v) is 33.6. The summed E-state index contributed by atoms with van der Waals surface area (Å²) in [6.45, 7) is 21.6. The van der Waals surface area contributed by atoms with Crippen molar-refractivity contribution in [1.29, 1.82) is 0 Å². The Morgan fingerprint density at radius 2 is 1.40 bits per heavy atom. The van der Waals surface area contributed by atoms with Gasteiger partial charge in [-0.05, 0) is 120 Å². The lowest BCUT2D eigenvalue weighted by Gasteiger charge is -2.44. The molecule has 53 heavy (non-hydrogen) atoms. The van der Waals surface area contributed by atoms with Crippen LogP contribution >= 0.6 is 0 Å². The number of hydrogen-bond donors (Lipinski definition) is 3. The second-order valence-corrected chi connectivity index (χ2v) is 17.5. The summed E-state index contributed by atoms with van der Waals surface area (Å²) >= 11 is 0. The van der Waals surface area contributed by atoms with Gasteiger partial charge in [-0.2, -0.15) is 0 Å². The van der Waals surface area contributed by atoms with E-state index in [1.54, 1.807) is 94.2 Å². The quantitative estimate of drug-likeness (QED) is 0.140. The van der Waals surface area contributed by atoms with Gasteiger partial charge < -0.3 is 34.9 Å². The van der Waals surface area contributed by atoms with Gasteiger partial charge >= 0.3 is 24.2 Å². The Labute approximate surface area is 314 Å². The third kappa shape index (κ3) is 14.2. The van der Waals surface area contributed by atoms with Crippen LogP contribution in [-0.2, 0) is 35.0 Å². The predicted octanol–water partition coefficient (Wildman–Crippen LogP) is 6.07. The van der Waals surface area contributed by atoms with Crippen LogP contribution in [0.4, 0.5) is 14.4 Å². The van der Waals surface area contributed by atoms with Gasteiger partial charge in [0.15, 0.2) is 0 Å². The van der Waals surface area contributed by atoms with E-state index in [9.17, 15) is 24.0 Å². The monoisotopic (exact) mass is 743 g/mol. The summed E-state index contributed by atoms with van der Waals surface area (Å²) in [6, 6.07) is 5.35. The van der Waals surface area contributed by atoms with Crippen molar-refractivity contribution in [1.82, 2.24) is 25.4 Å². The number of fused-ring (bicyclic) bond motifs is 1. The number of piperazine rings is 1. The summed E-state index contributed by atoms with van der Waals surface area (Å²) in [5, 5.41) is 9.56. The number of ether oxygens (including phenoxy) is 4. The molecule has 3 N–H and O–H groups in total. The molecule has 1 saturated heterocycles. The first-order chi connectivity index (χ1) is 24.3. The van der Waals surface area contributed by atoms with Crippen LogP contribution in [0.15, 0.2) is 30.5 Å². The van der Waals surface area contributed by atoms with Gasteiger partial charge in [0.1, 0.15) is 22.4 Å². The summed E-state index contributed by atoms with van der Waals surface area (Å²) < 4.78 is 23.9. The maximum Gasteiger partial charge on any atom is 0.419 e. The molecular formula is C39H61N5O9. The number of rotatable bonds is 11. The molecular weight excluding hydrogens is 682 g/mol. The van der Waals surface area contributed by atoms with E-state index in [2.05, 4.69) is 16.0 Å². The maximum absolute atomic E-state index is 13.5. The predicted molar refractivity (Wildman–Crippen MR) is 202 cm³/mol. The highest BCUT2D eigenvalue weighted by atomic mass is 16.6. The van der Waals surface area contributed by atoms with E-state index in [4.69, 9.17) is 18.9 Å². The minimum absolute atomic E-state index is 0.115. The summed E-state index contributed by atoms with van der Waals surface area (Å²) in [7, 11) is 0. The number of amides is 3. The first-order valence-corrected chi connectivity index (χ1v) is 18.4. The third-order valence-corrected chi connectivity index (χ3v) is 7.91. The average molecular weight is 744 g/mol. The topological polar surface area (TPSA) is 167 Å². The van der Waals surface area contributed by atoms with Gasteiger partial charge in [-0.25, -0.2) is 14.4 Å². The largest absolute Gasteiger partial charge is 0.459 e. The van der Waals surface area contributed by atoms with E-state index >= 15 is 0 Å². The van der Waals surface area contributed by atoms with Gasteiger partial charge in [-0.1, -0.05) is 18.2 Å². The Bertz CT molecular complexity index is 1610. The highest BCUT2D eigenvalue weighted by molar-refractivity contribution is 5.92. The third-order valence-electron chi connectivity index (χ3n) is 7.91. The fourth-order valence-electron chi connectivity index (χ4n) is 6.06. The number of carbonyl (C=O) groups is 5. The van der Waals surface area contributed by atoms with Crippen LogP contribution < -0.4 is 16.0 Å². The molecule has 0 radical (unpaired) electrons. The van der Waals surface area contributed by atoms with Crippen molar-refractivity contribution >= 4 is 41.1 Å². The Balaban J connectivity index is 2.00. The fourth-order valence-corrected chi connectivity index (χ4v) is 6.06. The van der Waals surface area contributed by atoms with E-state index in [-0.39, 0.29) is 25.4 Å². The average Bonchev–Trinajstić information content (AvgIpc) is 3.33. The van der Waals surface area contributed by atoms with Crippen molar-refractivity contribution in [3.63, 3.8) is 0 Å². The standard InChI is InChI=1S/C39H61N5O9/c1-36(2,3)50-31(45)24-43-29(19-15-16-20-40-33(47)51-37(4,5)6)32(46)41-22-30(43)27(42-34(48)52-38(7,8)9)21-25-23-44(35(49)53-39(10,11)12)28-18-14-13-17-26(25)28/h13-14,17-18,23,27,29-30H,15-16,19-22,24H2,1-12H3,(H,40,47)(H,41,46)(H,42,48)/t27-,29-,30+/m0/s1. The van der Waals surface area contributed by atoms with Crippen molar-refractivity contribution in [2.75, 3.05) is 19.6 Å². The molecule has 0 aliphatic carbocycles. The second-order valence-electron chi connectivity index (χ2n) is 17.5. The van der Waals surface area contributed by atoms with Crippen LogP contribution in [0.5, 0.6) is 0 Å². The molecule has 3 amide bonds. The molecule has 3 atom stereocenters. The van der Waals surface area contributed by atoms with E-state index in [0.29, 0.717) is 31.3 Å². The van der Waals surface area contributed by atoms with Crippen LogP contribution in [0, 0.1) is 0 Å². The molecule has 0 saturated carbocycles. The summed E-state index contributed by atoms with van der Waals surface area (Å²) in [4.78, 5) is 67.7. The molecule has 14 heteroatoms. The Morgan fingerprint density at radius 3 is 2.00 bits per heavy atom. The molecule has 2 heterocycles. The molecule has 1 fully saturated rings. The first-order valence-electron chi connectivity index (χ1n) is 18.4. The molecule has 3 rings (SSSR count). The summed E-state index contributed by atoms with van der Waals surface area (Å²) in [5.74, 6) is -0.784. The molecule has 1 aromatic heterocycles. The van der Waals surface area contributed by atoms with Crippen LogP contribution in [0.1, 0.15) is 108 Å². The SMILES string of the molecule is CC(C)(C)OC(=O)CN1[C@@H]([C@H](Cc2cn(C(=O)OC(C)(C)C)c3ccccc23)NC(=O)OC(C)(C)C)CNC(=O)[C@@H]1CCCCNC(=O)OC(C)(C)C. The highest BCUT2D eigenvalue weighted by Crippen LogP contribution is 2.28. The molecule has 2 aromatic rings. The molecule has 14 nitrogen and oxygen atoms in total. The molecule has 0 unspecified atom stereocenters. The Morgan fingerprint density at radius 1 is 0.811 bits per heavy atom. The molecule has 1 aliphatic rings. The molecule has 0 bridgehead atoms. The molecule has 296 valence electrons. The first kappa shape index (κ1) is 43.1. The van der Waals surface area contributed by atoms with Crippen LogP contribution in [0.25, 0.3) is 10.9 Å². The zero-order valence-electron chi connectivity index (χ0n) is 33.6. The maximum atomic E-state index is 13.5. The summed E-state index contributed by atoms with van der Waals surface area (Å²) in [6.07, 6.45) is 1.63. The lowest BCUT2D eigenvalue weighted by Crippen LogP contribution is -2.67. The van der Waals surface area contributed by atoms with Gasteiger partial charge in [0, 0.05) is 30.7 Å². The number of para-hydroxylation sites is 1. The van der Waals surface area contributed by atoms with Crippen LogP contribution in [0.3, 0.4) is 0 Å².